The number of imidazole rings is 1. The fourth-order valence-corrected chi connectivity index (χ4v) is 4.76. The maximum absolute atomic E-state index is 11.1. The van der Waals surface area contributed by atoms with Crippen molar-refractivity contribution in [3.8, 4) is 33.9 Å². The Morgan fingerprint density at radius 1 is 0.925 bits per heavy atom. The molecule has 5 aromatic rings. The molecule has 0 aliphatic carbocycles. The summed E-state index contributed by atoms with van der Waals surface area (Å²) in [6, 6.07) is 25.8. The van der Waals surface area contributed by atoms with E-state index in [4.69, 9.17) is 43.8 Å². The lowest BCUT2D eigenvalue weighted by molar-refractivity contribution is 0.0698. The third-order valence-electron chi connectivity index (χ3n) is 6.37. The Hall–Kier alpha value is -4.52. The lowest BCUT2D eigenvalue weighted by Crippen LogP contribution is -2.02. The van der Waals surface area contributed by atoms with E-state index in [9.17, 15) is 4.79 Å². The normalized spacial score (nSPS) is 11.2. The van der Waals surface area contributed by atoms with Gasteiger partial charge in [-0.2, -0.15) is 0 Å². The van der Waals surface area contributed by atoms with E-state index in [-0.39, 0.29) is 11.3 Å². The van der Waals surface area contributed by atoms with E-state index in [1.54, 1.807) is 12.1 Å². The number of ether oxygens (including phenoxy) is 1. The molecule has 1 heterocycles. The molecule has 40 heavy (non-hydrogen) atoms. The van der Waals surface area contributed by atoms with Crippen molar-refractivity contribution in [2.24, 2.45) is 0 Å². The molecule has 1 aromatic heterocycles. The summed E-state index contributed by atoms with van der Waals surface area (Å²) < 4.78 is 7.91. The van der Waals surface area contributed by atoms with E-state index in [2.05, 4.69) is 35.8 Å². The zero-order valence-corrected chi connectivity index (χ0v) is 23.0. The minimum atomic E-state index is -1.07. The highest BCUT2D eigenvalue weighted by Gasteiger charge is 2.11. The van der Waals surface area contributed by atoms with Crippen LogP contribution in [0.4, 0.5) is 5.69 Å². The van der Waals surface area contributed by atoms with E-state index in [1.165, 1.54) is 12.1 Å². The molecule has 200 valence electrons. The molecule has 0 saturated heterocycles. The first-order valence-corrected chi connectivity index (χ1v) is 13.3. The molecule has 0 unspecified atom stereocenters. The number of rotatable bonds is 8. The van der Waals surface area contributed by atoms with Gasteiger partial charge in [0.05, 0.1) is 16.3 Å². The fourth-order valence-electron chi connectivity index (χ4n) is 4.25. The number of halogens is 2. The average molecular weight is 570 g/mol. The van der Waals surface area contributed by atoms with Gasteiger partial charge >= 0.3 is 5.97 Å². The fraction of sp³-hybridized carbons (Fsp3) is 0.0625. The van der Waals surface area contributed by atoms with E-state index in [0.717, 1.165) is 40.3 Å². The highest BCUT2D eigenvalue weighted by molar-refractivity contribution is 6.36. The SMILES string of the molecule is CCn1cc(-c2ccc(Cl)cc2Cl)nc1/C=C/c1ccc(-c2ccc(Oc3ccc(C(=O)O)c(N)c3)cc2)cc1. The molecular weight excluding hydrogens is 545 g/mol. The third-order valence-corrected chi connectivity index (χ3v) is 6.92. The van der Waals surface area contributed by atoms with Crippen LogP contribution < -0.4 is 10.5 Å². The van der Waals surface area contributed by atoms with Crippen molar-refractivity contribution >= 4 is 47.0 Å². The predicted octanol–water partition coefficient (Wildman–Crippen LogP) is 8.79. The topological polar surface area (TPSA) is 90.4 Å². The quantitative estimate of drug-likeness (QED) is 0.182. The van der Waals surface area contributed by atoms with Crippen LogP contribution in [0.3, 0.4) is 0 Å². The zero-order valence-electron chi connectivity index (χ0n) is 21.5. The number of aromatic carboxylic acids is 1. The van der Waals surface area contributed by atoms with Crippen LogP contribution >= 0.6 is 23.2 Å². The monoisotopic (exact) mass is 569 g/mol. The molecule has 0 spiro atoms. The Morgan fingerprint density at radius 2 is 1.60 bits per heavy atom. The Balaban J connectivity index is 1.27. The van der Waals surface area contributed by atoms with Gasteiger partial charge in [0, 0.05) is 35.1 Å². The zero-order chi connectivity index (χ0) is 28.2. The largest absolute Gasteiger partial charge is 0.478 e. The van der Waals surface area contributed by atoms with E-state index >= 15 is 0 Å². The number of anilines is 1. The van der Waals surface area contributed by atoms with E-state index in [1.807, 2.05) is 54.7 Å². The van der Waals surface area contributed by atoms with Crippen LogP contribution in [-0.2, 0) is 6.54 Å². The summed E-state index contributed by atoms with van der Waals surface area (Å²) in [4.78, 5) is 15.9. The number of nitrogens with zero attached hydrogens (tertiary/aromatic N) is 2. The number of aromatic nitrogens is 2. The predicted molar refractivity (Wildman–Crippen MR) is 162 cm³/mol. The minimum Gasteiger partial charge on any atom is -0.478 e. The number of carboxylic acid groups (broad SMARTS) is 1. The van der Waals surface area contributed by atoms with Crippen LogP contribution in [0, 0.1) is 0 Å². The number of nitrogens with two attached hydrogens (primary N) is 1. The second-order valence-electron chi connectivity index (χ2n) is 9.03. The third kappa shape index (κ3) is 6.04. The van der Waals surface area contributed by atoms with Gasteiger partial charge in [-0.15, -0.1) is 0 Å². The van der Waals surface area contributed by atoms with Gasteiger partial charge in [0.1, 0.15) is 17.3 Å². The van der Waals surface area contributed by atoms with Crippen LogP contribution in [0.5, 0.6) is 11.5 Å². The number of carboxylic acids is 1. The smallest absolute Gasteiger partial charge is 0.337 e. The molecule has 0 radical (unpaired) electrons. The maximum atomic E-state index is 11.1. The Kier molecular flexibility index (Phi) is 7.91. The average Bonchev–Trinajstić information content (AvgIpc) is 3.35. The molecule has 0 aliphatic rings. The van der Waals surface area contributed by atoms with Crippen LogP contribution in [-0.4, -0.2) is 20.6 Å². The first-order valence-electron chi connectivity index (χ1n) is 12.5. The molecule has 4 aromatic carbocycles. The maximum Gasteiger partial charge on any atom is 0.337 e. The summed E-state index contributed by atoms with van der Waals surface area (Å²) in [6.07, 6.45) is 6.02. The lowest BCUT2D eigenvalue weighted by atomic mass is 10.0. The molecule has 6 nitrogen and oxygen atoms in total. The molecule has 0 atom stereocenters. The number of hydrogen-bond donors (Lipinski definition) is 2. The van der Waals surface area contributed by atoms with Gasteiger partial charge in [-0.25, -0.2) is 9.78 Å². The van der Waals surface area contributed by atoms with Crippen molar-refractivity contribution in [2.45, 2.75) is 13.5 Å². The van der Waals surface area contributed by atoms with Gasteiger partial charge in [-0.05, 0) is 72.2 Å². The molecule has 8 heteroatoms. The number of carbonyl (C=O) groups is 1. The second-order valence-corrected chi connectivity index (χ2v) is 9.87. The summed E-state index contributed by atoms with van der Waals surface area (Å²) in [5.74, 6) is 0.855. The molecule has 0 bridgehead atoms. The molecule has 0 aliphatic heterocycles. The second kappa shape index (κ2) is 11.7. The van der Waals surface area contributed by atoms with Crippen molar-refractivity contribution in [2.75, 3.05) is 5.73 Å². The van der Waals surface area contributed by atoms with Crippen LogP contribution in [0.1, 0.15) is 28.7 Å². The molecular formula is C32H25Cl2N3O3. The first-order chi connectivity index (χ1) is 19.3. The molecule has 3 N–H and O–H groups in total. The van der Waals surface area contributed by atoms with Crippen molar-refractivity contribution in [1.29, 1.82) is 0 Å². The van der Waals surface area contributed by atoms with Gasteiger partial charge < -0.3 is 20.1 Å². The summed E-state index contributed by atoms with van der Waals surface area (Å²) in [5, 5.41) is 10.3. The molecule has 0 fully saturated rings. The number of hydrogen-bond acceptors (Lipinski definition) is 4. The first kappa shape index (κ1) is 27.1. The minimum absolute atomic E-state index is 0.0455. The Bertz CT molecular complexity index is 1710. The standard InChI is InChI=1S/C32H25Cl2N3O3/c1-2-37-19-30(26-14-10-23(33)17-28(26)34)36-31(37)16-5-20-3-6-21(7-4-20)22-8-11-24(12-9-22)40-25-13-15-27(32(38)39)29(35)18-25/h3-19H,2,35H2,1H3,(H,38,39)/b16-5+. The van der Waals surface area contributed by atoms with Gasteiger partial charge in [-0.3, -0.25) is 0 Å². The summed E-state index contributed by atoms with van der Waals surface area (Å²) >= 11 is 12.4. The summed E-state index contributed by atoms with van der Waals surface area (Å²) in [7, 11) is 0. The van der Waals surface area contributed by atoms with Gasteiger partial charge in [0.2, 0.25) is 0 Å². The van der Waals surface area contributed by atoms with Crippen LogP contribution in [0.2, 0.25) is 10.0 Å². The summed E-state index contributed by atoms with van der Waals surface area (Å²) in [5.41, 5.74) is 10.8. The molecule has 5 rings (SSSR count). The van der Waals surface area contributed by atoms with Crippen LogP contribution in [0.25, 0.3) is 34.5 Å². The Morgan fingerprint density at radius 3 is 2.23 bits per heavy atom. The Labute approximate surface area is 241 Å². The van der Waals surface area contributed by atoms with Gasteiger partial charge in [0.25, 0.3) is 0 Å². The lowest BCUT2D eigenvalue weighted by Gasteiger charge is -2.09. The van der Waals surface area contributed by atoms with Crippen molar-refractivity contribution < 1.29 is 14.6 Å². The van der Waals surface area contributed by atoms with Crippen molar-refractivity contribution in [3.63, 3.8) is 0 Å². The number of aryl methyl sites for hydroxylation is 1. The molecule has 0 amide bonds. The van der Waals surface area contributed by atoms with Crippen LogP contribution in [0.15, 0.2) is 91.1 Å². The van der Waals surface area contributed by atoms with Crippen molar-refractivity contribution in [3.05, 3.63) is 118 Å². The van der Waals surface area contributed by atoms with Gasteiger partial charge in [0.15, 0.2) is 0 Å². The van der Waals surface area contributed by atoms with E-state index < -0.39 is 5.97 Å². The highest BCUT2D eigenvalue weighted by atomic mass is 35.5. The van der Waals surface area contributed by atoms with Gasteiger partial charge in [-0.1, -0.05) is 65.7 Å². The van der Waals surface area contributed by atoms with Crippen molar-refractivity contribution in [1.82, 2.24) is 9.55 Å². The number of benzene rings is 4. The number of nitrogen functional groups attached to an aromatic ring is 1. The molecule has 0 saturated carbocycles. The highest BCUT2D eigenvalue weighted by Crippen LogP contribution is 2.31. The summed E-state index contributed by atoms with van der Waals surface area (Å²) in [6.45, 7) is 2.85. The van der Waals surface area contributed by atoms with E-state index in [0.29, 0.717) is 21.5 Å².